The highest BCUT2D eigenvalue weighted by Crippen LogP contribution is 2.28. The molecule has 0 aromatic heterocycles. The topological polar surface area (TPSA) is 20.3 Å². The van der Waals surface area contributed by atoms with Crippen LogP contribution < -0.4 is 0 Å². The number of amides is 1. The van der Waals surface area contributed by atoms with Crippen molar-refractivity contribution in [2.45, 2.75) is 53.4 Å². The zero-order valence-electron chi connectivity index (χ0n) is 14.0. The molecular weight excluding hydrogens is 291 g/mol. The third-order valence-electron chi connectivity index (χ3n) is 3.13. The number of benzene rings is 1. The first-order chi connectivity index (χ1) is 10.4. The number of piperidine rings is 1. The fourth-order valence-electron chi connectivity index (χ4n) is 2.01. The fraction of sp³-hybridized carbons (Fsp3) is 0.588. The van der Waals surface area contributed by atoms with Gasteiger partial charge in [-0.15, -0.1) is 0 Å². The average Bonchev–Trinajstić information content (AvgIpc) is 2.53. The molecule has 0 unspecified atom stereocenters. The van der Waals surface area contributed by atoms with Gasteiger partial charge in [0.2, 0.25) is 0 Å². The Kier molecular flexibility index (Phi) is 8.83. The van der Waals surface area contributed by atoms with E-state index in [0.717, 1.165) is 5.56 Å². The van der Waals surface area contributed by atoms with Gasteiger partial charge in [0.25, 0.3) is 11.8 Å². The Labute approximate surface area is 131 Å². The van der Waals surface area contributed by atoms with Crippen LogP contribution in [0.2, 0.25) is 0 Å². The highest BCUT2D eigenvalue weighted by molar-refractivity contribution is 5.94. The average molecular weight is 317 g/mol. The first kappa shape index (κ1) is 20.5. The Morgan fingerprint density at radius 1 is 1.09 bits per heavy atom. The number of carbonyl (C=O) groups excluding carboxylic acids is 1. The third-order valence-corrected chi connectivity index (χ3v) is 3.13. The summed E-state index contributed by atoms with van der Waals surface area (Å²) in [6.45, 7) is 9.69. The van der Waals surface area contributed by atoms with Crippen molar-refractivity contribution in [3.05, 3.63) is 35.1 Å². The summed E-state index contributed by atoms with van der Waals surface area (Å²) in [5.41, 5.74) is 0.724. The Balaban J connectivity index is 0.00000102. The summed E-state index contributed by atoms with van der Waals surface area (Å²) in [5, 5.41) is 0. The van der Waals surface area contributed by atoms with Crippen molar-refractivity contribution in [2.75, 3.05) is 13.1 Å². The molecule has 1 saturated heterocycles. The Bertz CT molecular complexity index is 465. The van der Waals surface area contributed by atoms with Crippen molar-refractivity contribution in [2.24, 2.45) is 0 Å². The van der Waals surface area contributed by atoms with Crippen LogP contribution in [0.5, 0.6) is 0 Å². The van der Waals surface area contributed by atoms with E-state index >= 15 is 0 Å². The predicted octanol–water partition coefficient (Wildman–Crippen LogP) is 5.06. The Morgan fingerprint density at radius 2 is 1.59 bits per heavy atom. The number of halogens is 3. The molecule has 1 fully saturated rings. The largest absolute Gasteiger partial charge is 0.338 e. The number of hydrogen-bond acceptors (Lipinski definition) is 1. The number of carbonyl (C=O) groups is 1. The van der Waals surface area contributed by atoms with Gasteiger partial charge in [-0.3, -0.25) is 4.79 Å². The second kappa shape index (κ2) is 9.49. The van der Waals surface area contributed by atoms with Crippen molar-refractivity contribution in [1.82, 2.24) is 4.90 Å². The summed E-state index contributed by atoms with van der Waals surface area (Å²) >= 11 is 0. The van der Waals surface area contributed by atoms with Crippen LogP contribution in [0.4, 0.5) is 13.2 Å². The lowest BCUT2D eigenvalue weighted by molar-refractivity contribution is -0.0494. The molecule has 0 bridgehead atoms. The second-order valence-electron chi connectivity index (χ2n) is 4.63. The van der Waals surface area contributed by atoms with Gasteiger partial charge >= 0.3 is 0 Å². The quantitative estimate of drug-likeness (QED) is 0.709. The maximum Gasteiger partial charge on any atom is 0.256 e. The van der Waals surface area contributed by atoms with E-state index in [1.807, 2.05) is 27.7 Å². The Morgan fingerprint density at radius 3 is 2.09 bits per heavy atom. The van der Waals surface area contributed by atoms with Crippen LogP contribution in [-0.4, -0.2) is 29.8 Å². The van der Waals surface area contributed by atoms with E-state index in [9.17, 15) is 18.0 Å². The van der Waals surface area contributed by atoms with E-state index in [1.54, 1.807) is 13.0 Å². The molecule has 0 saturated carbocycles. The lowest BCUT2D eigenvalue weighted by atomic mass is 10.0. The van der Waals surface area contributed by atoms with Gasteiger partial charge in [-0.1, -0.05) is 39.3 Å². The highest BCUT2D eigenvalue weighted by Gasteiger charge is 2.36. The number of rotatable bonds is 1. The molecule has 0 radical (unpaired) electrons. The molecule has 1 aromatic rings. The number of likely N-dealkylation sites (tertiary alicyclic amines) is 1. The standard InChI is InChI=1S/C13H14F3NO.2C2H6/c1-9-2-3-11(14)10(8-9)12(18)17-6-4-13(15,16)5-7-17;2*1-2/h2-3,8H,4-7H2,1H3;2*1-2H3. The SMILES string of the molecule is CC.CC.Cc1ccc(F)c(C(=O)N2CCC(F)(F)CC2)c1. The summed E-state index contributed by atoms with van der Waals surface area (Å²) in [6.07, 6.45) is -0.710. The molecule has 2 nitrogen and oxygen atoms in total. The van der Waals surface area contributed by atoms with Gasteiger partial charge in [0.05, 0.1) is 5.56 Å². The summed E-state index contributed by atoms with van der Waals surface area (Å²) in [5.74, 6) is -3.82. The fourth-order valence-corrected chi connectivity index (χ4v) is 2.01. The molecule has 0 atom stereocenters. The molecule has 1 aliphatic heterocycles. The molecule has 0 N–H and O–H groups in total. The van der Waals surface area contributed by atoms with Crippen molar-refractivity contribution < 1.29 is 18.0 Å². The molecule has 1 aromatic carbocycles. The van der Waals surface area contributed by atoms with Crippen LogP contribution in [-0.2, 0) is 0 Å². The first-order valence-corrected chi connectivity index (χ1v) is 7.82. The molecule has 1 aliphatic rings. The lowest BCUT2D eigenvalue weighted by Gasteiger charge is -2.31. The van der Waals surface area contributed by atoms with E-state index in [4.69, 9.17) is 0 Å². The molecular formula is C17H26F3NO. The molecule has 0 aliphatic carbocycles. The number of nitrogens with zero attached hydrogens (tertiary/aromatic N) is 1. The van der Waals surface area contributed by atoms with Crippen LogP contribution in [0.15, 0.2) is 18.2 Å². The third kappa shape index (κ3) is 5.70. The minimum Gasteiger partial charge on any atom is -0.338 e. The Hall–Kier alpha value is -1.52. The van der Waals surface area contributed by atoms with Crippen LogP contribution in [0.3, 0.4) is 0 Å². The monoisotopic (exact) mass is 317 g/mol. The van der Waals surface area contributed by atoms with E-state index in [-0.39, 0.29) is 31.5 Å². The van der Waals surface area contributed by atoms with Crippen molar-refractivity contribution in [3.63, 3.8) is 0 Å². The first-order valence-electron chi connectivity index (χ1n) is 7.82. The van der Waals surface area contributed by atoms with E-state index in [0.29, 0.717) is 0 Å². The zero-order valence-corrected chi connectivity index (χ0v) is 14.0. The molecule has 5 heteroatoms. The summed E-state index contributed by atoms with van der Waals surface area (Å²) in [4.78, 5) is 13.3. The molecule has 126 valence electrons. The van der Waals surface area contributed by atoms with Gasteiger partial charge in [-0.25, -0.2) is 13.2 Å². The molecule has 1 amide bonds. The van der Waals surface area contributed by atoms with Crippen LogP contribution in [0.1, 0.15) is 56.5 Å². The smallest absolute Gasteiger partial charge is 0.256 e. The molecule has 2 rings (SSSR count). The normalized spacial score (nSPS) is 15.9. The predicted molar refractivity (Wildman–Crippen MR) is 83.9 cm³/mol. The van der Waals surface area contributed by atoms with Crippen LogP contribution >= 0.6 is 0 Å². The zero-order chi connectivity index (χ0) is 17.3. The van der Waals surface area contributed by atoms with Gasteiger partial charge in [0.15, 0.2) is 0 Å². The van der Waals surface area contributed by atoms with Gasteiger partial charge in [0, 0.05) is 25.9 Å². The number of aryl methyl sites for hydroxylation is 1. The molecule has 1 heterocycles. The van der Waals surface area contributed by atoms with Crippen LogP contribution in [0, 0.1) is 12.7 Å². The van der Waals surface area contributed by atoms with Gasteiger partial charge in [-0.2, -0.15) is 0 Å². The van der Waals surface area contributed by atoms with Crippen molar-refractivity contribution in [3.8, 4) is 0 Å². The summed E-state index contributed by atoms with van der Waals surface area (Å²) in [7, 11) is 0. The second-order valence-corrected chi connectivity index (χ2v) is 4.63. The van der Waals surface area contributed by atoms with E-state index < -0.39 is 17.6 Å². The molecule has 22 heavy (non-hydrogen) atoms. The summed E-state index contributed by atoms with van der Waals surface area (Å²) < 4.78 is 39.5. The minimum atomic E-state index is -2.71. The maximum atomic E-state index is 13.5. The van der Waals surface area contributed by atoms with Crippen molar-refractivity contribution in [1.29, 1.82) is 0 Å². The van der Waals surface area contributed by atoms with Crippen molar-refractivity contribution >= 4 is 5.91 Å². The van der Waals surface area contributed by atoms with Crippen LogP contribution in [0.25, 0.3) is 0 Å². The maximum absolute atomic E-state index is 13.5. The summed E-state index contributed by atoms with van der Waals surface area (Å²) in [6, 6.07) is 4.24. The van der Waals surface area contributed by atoms with Gasteiger partial charge in [-0.05, 0) is 19.1 Å². The van der Waals surface area contributed by atoms with E-state index in [1.165, 1.54) is 17.0 Å². The lowest BCUT2D eigenvalue weighted by Crippen LogP contribution is -2.43. The minimum absolute atomic E-state index is 0.0286. The number of hydrogen-bond donors (Lipinski definition) is 0. The van der Waals surface area contributed by atoms with Gasteiger partial charge in [0.1, 0.15) is 5.82 Å². The highest BCUT2D eigenvalue weighted by atomic mass is 19.3. The molecule has 0 spiro atoms. The number of alkyl halides is 2. The van der Waals surface area contributed by atoms with Gasteiger partial charge < -0.3 is 4.90 Å². The van der Waals surface area contributed by atoms with E-state index in [2.05, 4.69) is 0 Å².